The molecule has 1 heterocycles. The number of methoxy groups -OCH3 is 2. The number of anilines is 2. The fourth-order valence-electron chi connectivity index (χ4n) is 2.78. The summed E-state index contributed by atoms with van der Waals surface area (Å²) in [5, 5.41) is 6.12. The minimum Gasteiger partial charge on any atom is -0.493 e. The molecule has 3 aromatic rings. The summed E-state index contributed by atoms with van der Waals surface area (Å²) in [6, 6.07) is 16.9. The molecular weight excluding hydrogens is 354 g/mol. The van der Waals surface area contributed by atoms with Gasteiger partial charge in [-0.05, 0) is 48.4 Å². The van der Waals surface area contributed by atoms with Gasteiger partial charge in [0.15, 0.2) is 11.5 Å². The van der Waals surface area contributed by atoms with Crippen LogP contribution in [0.5, 0.6) is 11.5 Å². The first-order chi connectivity index (χ1) is 13.6. The lowest BCUT2D eigenvalue weighted by molar-refractivity contribution is 0.102. The van der Waals surface area contributed by atoms with Crippen molar-refractivity contribution in [3.05, 3.63) is 77.5 Å². The van der Waals surface area contributed by atoms with Gasteiger partial charge in [-0.3, -0.25) is 4.79 Å². The molecule has 0 bridgehead atoms. The SMILES string of the molecule is COc1ccc(CNc2ccc(NC(=O)c3ccccc3C)nc2)cc1OC. The number of aryl methyl sites for hydroxylation is 1. The second kappa shape index (κ2) is 8.90. The first-order valence-corrected chi connectivity index (χ1v) is 8.88. The summed E-state index contributed by atoms with van der Waals surface area (Å²) in [4.78, 5) is 16.7. The number of rotatable bonds is 7. The molecule has 2 aromatic carbocycles. The van der Waals surface area contributed by atoms with Crippen LogP contribution in [0.4, 0.5) is 11.5 Å². The second-order valence-corrected chi connectivity index (χ2v) is 6.24. The van der Waals surface area contributed by atoms with Crippen LogP contribution in [0.3, 0.4) is 0 Å². The van der Waals surface area contributed by atoms with E-state index < -0.39 is 0 Å². The van der Waals surface area contributed by atoms with Crippen LogP contribution >= 0.6 is 0 Å². The van der Waals surface area contributed by atoms with E-state index in [0.717, 1.165) is 16.8 Å². The number of hydrogen-bond acceptors (Lipinski definition) is 5. The minimum atomic E-state index is -0.170. The molecule has 1 aromatic heterocycles. The Morgan fingerprint density at radius 2 is 1.79 bits per heavy atom. The van der Waals surface area contributed by atoms with Crippen LogP contribution in [0.1, 0.15) is 21.5 Å². The molecule has 0 radical (unpaired) electrons. The van der Waals surface area contributed by atoms with E-state index in [1.54, 1.807) is 32.5 Å². The van der Waals surface area contributed by atoms with Gasteiger partial charge in [0.05, 0.1) is 26.1 Å². The predicted molar refractivity (Wildman–Crippen MR) is 110 cm³/mol. The Morgan fingerprint density at radius 3 is 2.46 bits per heavy atom. The number of ether oxygens (including phenoxy) is 2. The standard InChI is InChI=1S/C22H23N3O3/c1-15-6-4-5-7-18(15)22(26)25-21-11-9-17(14-24-21)23-13-16-8-10-19(27-2)20(12-16)28-3/h4-12,14,23H,13H2,1-3H3,(H,24,25,26). The lowest BCUT2D eigenvalue weighted by Crippen LogP contribution is -2.14. The molecule has 0 atom stereocenters. The monoisotopic (exact) mass is 377 g/mol. The number of nitrogens with one attached hydrogen (secondary N) is 2. The number of hydrogen-bond donors (Lipinski definition) is 2. The molecular formula is C22H23N3O3. The molecule has 0 saturated carbocycles. The molecule has 0 aliphatic rings. The summed E-state index contributed by atoms with van der Waals surface area (Å²) in [5.74, 6) is 1.72. The van der Waals surface area contributed by atoms with Crippen LogP contribution < -0.4 is 20.1 Å². The molecule has 0 saturated heterocycles. The highest BCUT2D eigenvalue weighted by Gasteiger charge is 2.09. The average Bonchev–Trinajstić information content (AvgIpc) is 2.73. The van der Waals surface area contributed by atoms with Crippen molar-refractivity contribution in [2.24, 2.45) is 0 Å². The molecule has 6 heteroatoms. The highest BCUT2D eigenvalue weighted by molar-refractivity contribution is 6.04. The molecule has 28 heavy (non-hydrogen) atoms. The number of pyridine rings is 1. The maximum Gasteiger partial charge on any atom is 0.257 e. The van der Waals surface area contributed by atoms with Gasteiger partial charge >= 0.3 is 0 Å². The van der Waals surface area contributed by atoms with Crippen molar-refractivity contribution in [3.63, 3.8) is 0 Å². The van der Waals surface area contributed by atoms with E-state index >= 15 is 0 Å². The van der Waals surface area contributed by atoms with Crippen LogP contribution in [0.2, 0.25) is 0 Å². The number of amides is 1. The molecule has 0 aliphatic heterocycles. The molecule has 6 nitrogen and oxygen atoms in total. The predicted octanol–water partition coefficient (Wildman–Crippen LogP) is 4.27. The summed E-state index contributed by atoms with van der Waals surface area (Å²) >= 11 is 0. The van der Waals surface area contributed by atoms with Gasteiger partial charge in [0, 0.05) is 12.1 Å². The van der Waals surface area contributed by atoms with Gasteiger partial charge < -0.3 is 20.1 Å². The van der Waals surface area contributed by atoms with Gasteiger partial charge in [-0.2, -0.15) is 0 Å². The fourth-order valence-corrected chi connectivity index (χ4v) is 2.78. The molecule has 0 unspecified atom stereocenters. The van der Waals surface area contributed by atoms with Crippen LogP contribution in [-0.2, 0) is 6.54 Å². The number of carbonyl (C=O) groups is 1. The molecule has 3 rings (SSSR count). The number of nitrogens with zero attached hydrogens (tertiary/aromatic N) is 1. The van der Waals surface area contributed by atoms with Crippen molar-refractivity contribution in [2.75, 3.05) is 24.9 Å². The number of carbonyl (C=O) groups excluding carboxylic acids is 1. The van der Waals surface area contributed by atoms with Gasteiger partial charge in [-0.25, -0.2) is 4.98 Å². The first kappa shape index (κ1) is 19.2. The number of aromatic nitrogens is 1. The topological polar surface area (TPSA) is 72.5 Å². The quantitative estimate of drug-likeness (QED) is 0.643. The average molecular weight is 377 g/mol. The Labute approximate surface area is 164 Å². The van der Waals surface area contributed by atoms with Gasteiger partial charge in [0.2, 0.25) is 0 Å². The first-order valence-electron chi connectivity index (χ1n) is 8.88. The molecule has 1 amide bonds. The molecule has 0 aliphatic carbocycles. The lowest BCUT2D eigenvalue weighted by Gasteiger charge is -2.11. The molecule has 2 N–H and O–H groups in total. The van der Waals surface area contributed by atoms with E-state index in [0.29, 0.717) is 29.4 Å². The zero-order chi connectivity index (χ0) is 19.9. The summed E-state index contributed by atoms with van der Waals surface area (Å²) in [6.07, 6.45) is 1.69. The Morgan fingerprint density at radius 1 is 1.00 bits per heavy atom. The van der Waals surface area contributed by atoms with Gasteiger partial charge in [-0.15, -0.1) is 0 Å². The maximum atomic E-state index is 12.4. The fraction of sp³-hybridized carbons (Fsp3) is 0.182. The molecule has 0 spiro atoms. The Hall–Kier alpha value is -3.54. The van der Waals surface area contributed by atoms with E-state index in [4.69, 9.17) is 9.47 Å². The molecule has 0 fully saturated rings. The zero-order valence-corrected chi connectivity index (χ0v) is 16.2. The Balaban J connectivity index is 1.60. The largest absolute Gasteiger partial charge is 0.493 e. The van der Waals surface area contributed by atoms with Crippen molar-refractivity contribution in [3.8, 4) is 11.5 Å². The van der Waals surface area contributed by atoms with Crippen molar-refractivity contribution in [1.29, 1.82) is 0 Å². The lowest BCUT2D eigenvalue weighted by atomic mass is 10.1. The van der Waals surface area contributed by atoms with E-state index in [1.807, 2.05) is 49.4 Å². The Bertz CT molecular complexity index is 955. The third-order valence-electron chi connectivity index (χ3n) is 4.34. The third kappa shape index (κ3) is 4.59. The maximum absolute atomic E-state index is 12.4. The van der Waals surface area contributed by atoms with Crippen molar-refractivity contribution >= 4 is 17.4 Å². The van der Waals surface area contributed by atoms with Crippen LogP contribution in [0.25, 0.3) is 0 Å². The minimum absolute atomic E-state index is 0.170. The zero-order valence-electron chi connectivity index (χ0n) is 16.2. The highest BCUT2D eigenvalue weighted by Crippen LogP contribution is 2.27. The van der Waals surface area contributed by atoms with Crippen LogP contribution in [0.15, 0.2) is 60.8 Å². The van der Waals surface area contributed by atoms with E-state index in [9.17, 15) is 4.79 Å². The summed E-state index contributed by atoms with van der Waals surface area (Å²) in [5.41, 5.74) is 3.46. The van der Waals surface area contributed by atoms with Gasteiger partial charge in [0.25, 0.3) is 5.91 Å². The second-order valence-electron chi connectivity index (χ2n) is 6.24. The van der Waals surface area contributed by atoms with Crippen molar-refractivity contribution in [2.45, 2.75) is 13.5 Å². The highest BCUT2D eigenvalue weighted by atomic mass is 16.5. The van der Waals surface area contributed by atoms with E-state index in [2.05, 4.69) is 15.6 Å². The summed E-state index contributed by atoms with van der Waals surface area (Å²) in [6.45, 7) is 2.51. The Kier molecular flexibility index (Phi) is 6.11. The van der Waals surface area contributed by atoms with E-state index in [-0.39, 0.29) is 5.91 Å². The third-order valence-corrected chi connectivity index (χ3v) is 4.34. The normalized spacial score (nSPS) is 10.2. The van der Waals surface area contributed by atoms with Gasteiger partial charge in [0.1, 0.15) is 5.82 Å². The van der Waals surface area contributed by atoms with E-state index in [1.165, 1.54) is 0 Å². The summed E-state index contributed by atoms with van der Waals surface area (Å²) < 4.78 is 10.6. The smallest absolute Gasteiger partial charge is 0.257 e. The summed E-state index contributed by atoms with van der Waals surface area (Å²) in [7, 11) is 3.23. The van der Waals surface area contributed by atoms with Gasteiger partial charge in [-0.1, -0.05) is 24.3 Å². The number of benzene rings is 2. The van der Waals surface area contributed by atoms with Crippen LogP contribution in [0, 0.1) is 6.92 Å². The molecule has 144 valence electrons. The van der Waals surface area contributed by atoms with Crippen molar-refractivity contribution < 1.29 is 14.3 Å². The van der Waals surface area contributed by atoms with Crippen molar-refractivity contribution in [1.82, 2.24) is 4.98 Å². The van der Waals surface area contributed by atoms with Crippen LogP contribution in [-0.4, -0.2) is 25.1 Å².